The van der Waals surface area contributed by atoms with Crippen molar-refractivity contribution in [3.63, 3.8) is 0 Å². The van der Waals surface area contributed by atoms with Crippen molar-refractivity contribution in [3.8, 4) is 39.7 Å². The van der Waals surface area contributed by atoms with Gasteiger partial charge in [-0.05, 0) is 145 Å². The van der Waals surface area contributed by atoms with E-state index < -0.39 is 0 Å². The average Bonchev–Trinajstić information content (AvgIpc) is 2.53. The predicted octanol–water partition coefficient (Wildman–Crippen LogP) is 18.8. The number of para-hydroxylation sites is 2. The highest BCUT2D eigenvalue weighted by Crippen LogP contribution is 2.53. The van der Waals surface area contributed by atoms with E-state index in [1.165, 1.54) is 79.9 Å². The molecule has 14 aromatic rings. The second-order valence-corrected chi connectivity index (χ2v) is 24.6. The number of benzene rings is 9. The van der Waals surface area contributed by atoms with Crippen LogP contribution in [0.1, 0.15) is 30.0 Å². The van der Waals surface area contributed by atoms with Gasteiger partial charge in [0, 0.05) is 97.9 Å². The largest absolute Gasteiger partial charge is 0.317 e. The van der Waals surface area contributed by atoms with Crippen LogP contribution >= 0.6 is 23.5 Å². The second kappa shape index (κ2) is 17.8. The summed E-state index contributed by atoms with van der Waals surface area (Å²) in [5, 5.41) is 8.33. The molecule has 5 aromatic heterocycles. The van der Waals surface area contributed by atoms with E-state index in [1.54, 1.807) is 11.8 Å². The Bertz CT molecular complexity index is 5460. The summed E-state index contributed by atoms with van der Waals surface area (Å²) < 4.78 is 9.36. The van der Waals surface area contributed by atoms with Gasteiger partial charge in [-0.1, -0.05) is 139 Å². The van der Waals surface area contributed by atoms with Gasteiger partial charge in [0.05, 0.1) is 62.0 Å². The van der Waals surface area contributed by atoms with E-state index in [0.29, 0.717) is 5.95 Å². The maximum Gasteiger partial charge on any atom is 0.235 e. The van der Waals surface area contributed by atoms with Crippen molar-refractivity contribution in [2.24, 2.45) is 15.9 Å². The zero-order valence-electron chi connectivity index (χ0n) is 45.1. The number of allylic oxidation sites excluding steroid dienone is 7. The van der Waals surface area contributed by atoms with Crippen molar-refractivity contribution in [1.82, 2.24) is 28.2 Å². The third kappa shape index (κ3) is 6.80. The molecule has 0 bridgehead atoms. The van der Waals surface area contributed by atoms with Crippen molar-refractivity contribution < 1.29 is 0 Å². The highest BCUT2D eigenvalue weighted by molar-refractivity contribution is 8.03. The molecule has 0 saturated carbocycles. The first-order valence-corrected chi connectivity index (χ1v) is 30.4. The van der Waals surface area contributed by atoms with Crippen LogP contribution in [0.15, 0.2) is 273 Å². The molecule has 0 amide bonds. The van der Waals surface area contributed by atoms with E-state index in [9.17, 15) is 0 Å². The molecule has 10 heteroatoms. The molecule has 8 nitrogen and oxygen atoms in total. The standard InChI is InChI=1S/C74H46N8S2/c1-2-14-49(15-3-1)81-58-22-7-4-17-51(58)55-42-61-47(40-62(55)81)36-37-79(61)48-31-27-44(28-32-48)73-75-56-20-11-26-65-68(56)70(77-73)54-33-29-46(41-66(54)84-65)45-13-10-16-50(39-45)82-59-23-8-5-18-52(59)67-60(82)34-30-43-35-38-80(72(43)67)74-76-57-21-12-25-64-69(57)71(78-74)53-19-6-9-24-63(53)83-64/h2,4-42,68,70H,1,3H2. The molecule has 8 heterocycles. The van der Waals surface area contributed by atoms with E-state index in [2.05, 4.69) is 261 Å². The molecule has 0 saturated heterocycles. The topological polar surface area (TPSA) is 70.2 Å². The van der Waals surface area contributed by atoms with Gasteiger partial charge in [0.25, 0.3) is 0 Å². The molecule has 3 aliphatic heterocycles. The minimum Gasteiger partial charge on any atom is -0.317 e. The fourth-order valence-corrected chi connectivity index (χ4v) is 16.4. The molecule has 2 atom stereocenters. The van der Waals surface area contributed by atoms with Gasteiger partial charge in [0.2, 0.25) is 5.95 Å². The van der Waals surface area contributed by atoms with E-state index in [1.807, 2.05) is 11.8 Å². The van der Waals surface area contributed by atoms with Crippen molar-refractivity contribution in [2.45, 2.75) is 33.6 Å². The monoisotopic (exact) mass is 1110 g/mol. The summed E-state index contributed by atoms with van der Waals surface area (Å²) in [6.45, 7) is 0. The zero-order valence-corrected chi connectivity index (χ0v) is 46.7. The minimum absolute atomic E-state index is 0.0800. The Hall–Kier alpha value is -10.0. The molecule has 84 heavy (non-hydrogen) atoms. The van der Waals surface area contributed by atoms with Crippen LogP contribution in [0.25, 0.3) is 122 Å². The number of rotatable bonds is 6. The van der Waals surface area contributed by atoms with Gasteiger partial charge in [-0.3, -0.25) is 9.56 Å². The normalized spacial score (nSPS) is 16.8. The summed E-state index contributed by atoms with van der Waals surface area (Å²) in [5.74, 6) is 1.51. The fraction of sp³-hybridized carbons (Fsp3) is 0.0541. The lowest BCUT2D eigenvalue weighted by atomic mass is 9.84. The fourth-order valence-electron chi connectivity index (χ4n) is 14.0. The van der Waals surface area contributed by atoms with Crippen molar-refractivity contribution in [3.05, 3.63) is 259 Å². The van der Waals surface area contributed by atoms with Gasteiger partial charge < -0.3 is 13.7 Å². The van der Waals surface area contributed by atoms with Crippen LogP contribution in [-0.2, 0) is 0 Å². The molecule has 0 radical (unpaired) electrons. The third-order valence-corrected chi connectivity index (χ3v) is 20.2. The van der Waals surface area contributed by atoms with Crippen LogP contribution in [-0.4, -0.2) is 39.8 Å². The van der Waals surface area contributed by atoms with E-state index >= 15 is 0 Å². The number of hydrogen-bond donors (Lipinski definition) is 0. The van der Waals surface area contributed by atoms with E-state index in [4.69, 9.17) is 20.0 Å². The maximum absolute atomic E-state index is 5.54. The van der Waals surface area contributed by atoms with Crippen molar-refractivity contribution in [2.75, 3.05) is 0 Å². The number of amidine groups is 1. The Kier molecular flexibility index (Phi) is 9.85. The summed E-state index contributed by atoms with van der Waals surface area (Å²) in [6, 6.07) is 70.9. The Balaban J connectivity index is 0.668. The van der Waals surface area contributed by atoms with Gasteiger partial charge in [0.15, 0.2) is 5.84 Å². The average molecular weight is 1110 g/mol. The van der Waals surface area contributed by atoms with Crippen LogP contribution in [0.2, 0.25) is 0 Å². The molecule has 19 rings (SSSR count). The lowest BCUT2D eigenvalue weighted by Crippen LogP contribution is -2.31. The highest BCUT2D eigenvalue weighted by Gasteiger charge is 2.40. The van der Waals surface area contributed by atoms with E-state index in [0.717, 1.165) is 91.0 Å². The lowest BCUT2D eigenvalue weighted by Gasteiger charge is -2.37. The van der Waals surface area contributed by atoms with Crippen LogP contribution in [0.5, 0.6) is 0 Å². The summed E-state index contributed by atoms with van der Waals surface area (Å²) in [6.07, 6.45) is 20.0. The molecule has 0 N–H and O–H groups in total. The number of aliphatic imine (C=N–C) groups is 2. The summed E-state index contributed by atoms with van der Waals surface area (Å²) in [5.41, 5.74) is 19.1. The molecular formula is C74H46N8S2. The molecular weight excluding hydrogens is 1070 g/mol. The number of thioether (sulfide) groups is 1. The first-order valence-electron chi connectivity index (χ1n) is 28.7. The molecule has 0 fully saturated rings. The Labute approximate surface area is 490 Å². The summed E-state index contributed by atoms with van der Waals surface area (Å²) >= 11 is 3.65. The quantitative estimate of drug-likeness (QED) is 0.166. The smallest absolute Gasteiger partial charge is 0.235 e. The summed E-state index contributed by atoms with van der Waals surface area (Å²) in [7, 11) is 0. The molecule has 2 aliphatic carbocycles. The minimum atomic E-state index is -0.0955. The van der Waals surface area contributed by atoms with Gasteiger partial charge in [-0.2, -0.15) is 0 Å². The highest BCUT2D eigenvalue weighted by atomic mass is 32.2. The Morgan fingerprint density at radius 1 is 0.500 bits per heavy atom. The van der Waals surface area contributed by atoms with Gasteiger partial charge in [-0.15, -0.1) is 0 Å². The number of aromatic nitrogens is 6. The molecule has 394 valence electrons. The third-order valence-electron chi connectivity index (χ3n) is 17.8. The van der Waals surface area contributed by atoms with Gasteiger partial charge in [0.1, 0.15) is 0 Å². The molecule has 5 aliphatic rings. The predicted molar refractivity (Wildman–Crippen MR) is 348 cm³/mol. The summed E-state index contributed by atoms with van der Waals surface area (Å²) in [4.78, 5) is 26.4. The van der Waals surface area contributed by atoms with Crippen LogP contribution in [0.3, 0.4) is 0 Å². The molecule has 2 unspecified atom stereocenters. The van der Waals surface area contributed by atoms with Crippen molar-refractivity contribution >= 4 is 117 Å². The first-order chi connectivity index (χ1) is 41.6. The van der Waals surface area contributed by atoms with Gasteiger partial charge >= 0.3 is 0 Å². The Morgan fingerprint density at radius 3 is 2.23 bits per heavy atom. The lowest BCUT2D eigenvalue weighted by molar-refractivity contribution is 0.615. The van der Waals surface area contributed by atoms with Gasteiger partial charge in [-0.25, -0.2) is 15.0 Å². The number of hydrogen-bond acceptors (Lipinski definition) is 6. The van der Waals surface area contributed by atoms with Crippen LogP contribution < -0.4 is 0 Å². The van der Waals surface area contributed by atoms with E-state index in [-0.39, 0.29) is 12.0 Å². The Morgan fingerprint density at radius 2 is 1.31 bits per heavy atom. The zero-order chi connectivity index (χ0) is 54.7. The molecule has 9 aromatic carbocycles. The SMILES string of the molecule is C1=CC2=NC(c3ccc(-n4ccc5cc6c(cc54)c4ccccc4n6C4=CCCC=C4)cc3)=NC3c4ccc(-c5cccc(-n6c7ccccc7c7c8c(ccc76)ccn8-c6nc7c8c(cccc8n6)Sc6ccccc6-7)c5)cc4SC(=C1)C23. The number of fused-ring (bicyclic) bond motifs is 13. The van der Waals surface area contributed by atoms with Crippen molar-refractivity contribution in [1.29, 1.82) is 0 Å². The molecule has 0 spiro atoms. The van der Waals surface area contributed by atoms with Crippen LogP contribution in [0.4, 0.5) is 0 Å². The maximum atomic E-state index is 5.54. The first kappa shape index (κ1) is 46.6. The number of nitrogens with zero attached hydrogens (tertiary/aromatic N) is 8. The van der Waals surface area contributed by atoms with Crippen LogP contribution in [0, 0.1) is 5.92 Å². The second-order valence-electron chi connectivity index (χ2n) is 22.4.